The Balaban J connectivity index is 1.32. The summed E-state index contributed by atoms with van der Waals surface area (Å²) in [5, 5.41) is 13.3. The minimum Gasteiger partial charge on any atom is -0.394 e. The van der Waals surface area contributed by atoms with Crippen LogP contribution >= 0.6 is 0 Å². The molecule has 0 radical (unpaired) electrons. The molecular formula is C26H28N4O4. The maximum atomic E-state index is 12.9. The molecule has 8 nitrogen and oxygen atoms in total. The minimum absolute atomic E-state index is 0.0235. The molecule has 0 spiro atoms. The third kappa shape index (κ3) is 5.18. The van der Waals surface area contributed by atoms with Gasteiger partial charge in [-0.2, -0.15) is 0 Å². The summed E-state index contributed by atoms with van der Waals surface area (Å²) in [6.07, 6.45) is 4.87. The number of hydrogen-bond donors (Lipinski definition) is 3. The van der Waals surface area contributed by atoms with Gasteiger partial charge in [-0.1, -0.05) is 18.2 Å². The van der Waals surface area contributed by atoms with Crippen LogP contribution in [0.25, 0.3) is 17.0 Å². The molecule has 2 amide bonds. The van der Waals surface area contributed by atoms with Gasteiger partial charge in [0.15, 0.2) is 5.78 Å². The van der Waals surface area contributed by atoms with E-state index in [1.807, 2.05) is 42.6 Å². The van der Waals surface area contributed by atoms with Gasteiger partial charge in [-0.05, 0) is 48.9 Å². The van der Waals surface area contributed by atoms with Crippen molar-refractivity contribution in [2.75, 3.05) is 37.7 Å². The molecule has 2 aromatic carbocycles. The first-order valence-electron chi connectivity index (χ1n) is 11.3. The molecule has 2 heterocycles. The molecule has 8 heteroatoms. The molecule has 176 valence electrons. The van der Waals surface area contributed by atoms with E-state index in [1.54, 1.807) is 23.1 Å². The van der Waals surface area contributed by atoms with E-state index >= 15 is 0 Å². The minimum atomic E-state index is -0.999. The highest BCUT2D eigenvalue weighted by molar-refractivity contribution is 5.98. The van der Waals surface area contributed by atoms with Crippen LogP contribution in [0.5, 0.6) is 0 Å². The van der Waals surface area contributed by atoms with Gasteiger partial charge in [0.1, 0.15) is 6.04 Å². The fourth-order valence-corrected chi connectivity index (χ4v) is 4.12. The zero-order valence-corrected chi connectivity index (χ0v) is 19.0. The number of fused-ring (bicyclic) bond motifs is 1. The van der Waals surface area contributed by atoms with Crippen LogP contribution < -0.4 is 10.2 Å². The summed E-state index contributed by atoms with van der Waals surface area (Å²) in [4.78, 5) is 43.7. The van der Waals surface area contributed by atoms with E-state index in [0.29, 0.717) is 31.7 Å². The molecule has 3 N–H and O–H groups in total. The standard InChI is InChI=1S/C26H28N4O4/c1-18(32)19-6-9-21(10-7-19)29-12-14-30(15-13-29)26(34)24(17-31)28-25(33)11-8-20-16-27-23-5-3-2-4-22(20)23/h2-11,16,24,27,31H,12-15,17H2,1H3,(H,28,33). The number of nitrogens with one attached hydrogen (secondary N) is 2. The largest absolute Gasteiger partial charge is 0.394 e. The molecule has 3 aromatic rings. The topological polar surface area (TPSA) is 106 Å². The summed E-state index contributed by atoms with van der Waals surface area (Å²) < 4.78 is 0. The number of Topliss-reactive ketones (excluding diaryl/α,β-unsaturated/α-hetero) is 1. The van der Waals surface area contributed by atoms with E-state index in [-0.39, 0.29) is 11.7 Å². The number of H-pyrrole nitrogens is 1. The highest BCUT2D eigenvalue weighted by Crippen LogP contribution is 2.19. The normalized spacial score (nSPS) is 15.0. The number of carbonyl (C=O) groups excluding carboxylic acids is 3. The zero-order chi connectivity index (χ0) is 24.1. The Morgan fingerprint density at radius 1 is 1.06 bits per heavy atom. The first-order chi connectivity index (χ1) is 16.5. The smallest absolute Gasteiger partial charge is 0.247 e. The van der Waals surface area contributed by atoms with Gasteiger partial charge in [0, 0.05) is 60.6 Å². The predicted molar refractivity (Wildman–Crippen MR) is 132 cm³/mol. The Morgan fingerprint density at radius 3 is 2.44 bits per heavy atom. The number of nitrogens with zero attached hydrogens (tertiary/aromatic N) is 2. The van der Waals surface area contributed by atoms with Crippen molar-refractivity contribution >= 4 is 40.3 Å². The number of anilines is 1. The zero-order valence-electron chi connectivity index (χ0n) is 19.0. The third-order valence-electron chi connectivity index (χ3n) is 6.06. The predicted octanol–water partition coefficient (Wildman–Crippen LogP) is 2.21. The molecule has 0 aliphatic carbocycles. The molecule has 1 atom stereocenters. The lowest BCUT2D eigenvalue weighted by Crippen LogP contribution is -2.56. The molecule has 1 aromatic heterocycles. The van der Waals surface area contributed by atoms with Crippen molar-refractivity contribution in [3.63, 3.8) is 0 Å². The van der Waals surface area contributed by atoms with Gasteiger partial charge < -0.3 is 25.2 Å². The Bertz CT molecular complexity index is 1210. The average molecular weight is 461 g/mol. The van der Waals surface area contributed by atoms with Crippen LogP contribution in [0.3, 0.4) is 0 Å². The van der Waals surface area contributed by atoms with Gasteiger partial charge in [0.2, 0.25) is 11.8 Å². The number of carbonyl (C=O) groups is 3. The SMILES string of the molecule is CC(=O)c1ccc(N2CCN(C(=O)C(CO)NC(=O)C=Cc3c[nH]c4ccccc34)CC2)cc1. The number of para-hydroxylation sites is 1. The van der Waals surface area contributed by atoms with Gasteiger partial charge in [-0.3, -0.25) is 14.4 Å². The van der Waals surface area contributed by atoms with Gasteiger partial charge in [-0.25, -0.2) is 0 Å². The van der Waals surface area contributed by atoms with E-state index in [0.717, 1.165) is 22.2 Å². The Kier molecular flexibility index (Phi) is 7.08. The lowest BCUT2D eigenvalue weighted by molar-refractivity contribution is -0.137. The lowest BCUT2D eigenvalue weighted by Gasteiger charge is -2.37. The molecule has 0 bridgehead atoms. The van der Waals surface area contributed by atoms with Crippen LogP contribution in [0.2, 0.25) is 0 Å². The summed E-state index contributed by atoms with van der Waals surface area (Å²) in [6.45, 7) is 3.26. The Morgan fingerprint density at radius 2 is 1.76 bits per heavy atom. The highest BCUT2D eigenvalue weighted by Gasteiger charge is 2.28. The molecule has 1 fully saturated rings. The van der Waals surface area contributed by atoms with Gasteiger partial charge in [-0.15, -0.1) is 0 Å². The number of hydrogen-bond acceptors (Lipinski definition) is 5. The monoisotopic (exact) mass is 460 g/mol. The Labute approximate surface area is 197 Å². The molecule has 1 aliphatic heterocycles. The van der Waals surface area contributed by atoms with Crippen LogP contribution in [-0.2, 0) is 9.59 Å². The quantitative estimate of drug-likeness (QED) is 0.370. The van der Waals surface area contributed by atoms with Gasteiger partial charge >= 0.3 is 0 Å². The lowest BCUT2D eigenvalue weighted by atomic mass is 10.1. The van der Waals surface area contributed by atoms with Crippen LogP contribution in [0.15, 0.2) is 60.8 Å². The van der Waals surface area contributed by atoms with E-state index in [1.165, 1.54) is 13.0 Å². The number of aromatic amines is 1. The number of benzene rings is 2. The fourth-order valence-electron chi connectivity index (χ4n) is 4.12. The van der Waals surface area contributed by atoms with Gasteiger partial charge in [0.05, 0.1) is 6.61 Å². The first kappa shape index (κ1) is 23.3. The number of ketones is 1. The Hall–Kier alpha value is -3.91. The molecule has 34 heavy (non-hydrogen) atoms. The van der Waals surface area contributed by atoms with Crippen molar-refractivity contribution in [1.82, 2.24) is 15.2 Å². The fraction of sp³-hybridized carbons (Fsp3) is 0.269. The number of aliphatic hydroxyl groups is 1. The van der Waals surface area contributed by atoms with E-state index in [2.05, 4.69) is 15.2 Å². The summed E-state index contributed by atoms with van der Waals surface area (Å²) in [6, 6.07) is 14.2. The number of rotatable bonds is 7. The van der Waals surface area contributed by atoms with Crippen molar-refractivity contribution in [2.45, 2.75) is 13.0 Å². The second kappa shape index (κ2) is 10.4. The van der Waals surface area contributed by atoms with Crippen molar-refractivity contribution in [1.29, 1.82) is 0 Å². The van der Waals surface area contributed by atoms with Crippen molar-refractivity contribution in [3.05, 3.63) is 71.9 Å². The number of piperazine rings is 1. The molecular weight excluding hydrogens is 432 g/mol. The molecule has 1 unspecified atom stereocenters. The number of amides is 2. The molecule has 4 rings (SSSR count). The third-order valence-corrected chi connectivity index (χ3v) is 6.06. The van der Waals surface area contributed by atoms with Crippen LogP contribution in [0.4, 0.5) is 5.69 Å². The van der Waals surface area contributed by atoms with E-state index < -0.39 is 18.6 Å². The van der Waals surface area contributed by atoms with Crippen LogP contribution in [-0.4, -0.2) is 71.4 Å². The average Bonchev–Trinajstić information content (AvgIpc) is 3.29. The van der Waals surface area contributed by atoms with Crippen molar-refractivity contribution in [2.24, 2.45) is 0 Å². The van der Waals surface area contributed by atoms with Crippen molar-refractivity contribution in [3.8, 4) is 0 Å². The summed E-state index contributed by atoms with van der Waals surface area (Å²) in [5.41, 5.74) is 3.49. The molecule has 1 saturated heterocycles. The first-order valence-corrected chi connectivity index (χ1v) is 11.3. The van der Waals surface area contributed by atoms with E-state index in [9.17, 15) is 19.5 Å². The molecule has 0 saturated carbocycles. The summed E-state index contributed by atoms with van der Waals surface area (Å²) in [5.74, 6) is -0.722. The highest BCUT2D eigenvalue weighted by atomic mass is 16.3. The second-order valence-electron chi connectivity index (χ2n) is 8.28. The second-order valence-corrected chi connectivity index (χ2v) is 8.28. The summed E-state index contributed by atoms with van der Waals surface area (Å²) in [7, 11) is 0. The maximum Gasteiger partial charge on any atom is 0.247 e. The number of aliphatic hydroxyl groups excluding tert-OH is 1. The number of aromatic nitrogens is 1. The van der Waals surface area contributed by atoms with Crippen LogP contribution in [0.1, 0.15) is 22.8 Å². The summed E-state index contributed by atoms with van der Waals surface area (Å²) >= 11 is 0. The van der Waals surface area contributed by atoms with E-state index in [4.69, 9.17) is 0 Å². The van der Waals surface area contributed by atoms with Crippen LogP contribution in [0, 0.1) is 0 Å². The van der Waals surface area contributed by atoms with Crippen molar-refractivity contribution < 1.29 is 19.5 Å². The maximum absolute atomic E-state index is 12.9. The molecule has 1 aliphatic rings. The van der Waals surface area contributed by atoms with Gasteiger partial charge in [0.25, 0.3) is 0 Å².